The van der Waals surface area contributed by atoms with Crippen molar-refractivity contribution in [1.29, 1.82) is 0 Å². The van der Waals surface area contributed by atoms with E-state index in [9.17, 15) is 4.79 Å². The molecule has 0 saturated carbocycles. The van der Waals surface area contributed by atoms with Gasteiger partial charge in [-0.2, -0.15) is 0 Å². The molecule has 3 aromatic heterocycles. The Balaban J connectivity index is 1.40. The lowest BCUT2D eigenvalue weighted by Crippen LogP contribution is -2.47. The van der Waals surface area contributed by atoms with Crippen LogP contribution in [0.4, 0.5) is 11.5 Å². The number of nitrogens with zero attached hydrogens (tertiary/aromatic N) is 5. The van der Waals surface area contributed by atoms with Gasteiger partial charge in [-0.05, 0) is 24.3 Å². The van der Waals surface area contributed by atoms with Gasteiger partial charge in [-0.1, -0.05) is 23.9 Å². The fourth-order valence-electron chi connectivity index (χ4n) is 3.89. The highest BCUT2D eigenvalue weighted by Gasteiger charge is 2.34. The molecule has 5 rings (SSSR count). The highest BCUT2D eigenvalue weighted by atomic mass is 32.2. The lowest BCUT2D eigenvalue weighted by atomic mass is 10.2. The molecule has 2 aliphatic heterocycles. The Hall–Kier alpha value is -3.02. The van der Waals surface area contributed by atoms with Crippen LogP contribution in [0.15, 0.2) is 61.2 Å². The number of hydrogen-bond donors (Lipinski definition) is 0. The summed E-state index contributed by atoms with van der Waals surface area (Å²) in [6.07, 6.45) is 7.54. The zero-order valence-electron chi connectivity index (χ0n) is 15.2. The predicted molar refractivity (Wildman–Crippen MR) is 112 cm³/mol. The van der Waals surface area contributed by atoms with Crippen molar-refractivity contribution in [3.05, 3.63) is 72.4 Å². The molecule has 0 amide bonds. The van der Waals surface area contributed by atoms with Crippen LogP contribution in [0, 0.1) is 0 Å². The summed E-state index contributed by atoms with van der Waals surface area (Å²) in [6.45, 7) is 3.59. The predicted octanol–water partition coefficient (Wildman–Crippen LogP) is 3.07. The van der Waals surface area contributed by atoms with Crippen molar-refractivity contribution in [3.8, 4) is 0 Å². The number of piperazine rings is 1. The van der Waals surface area contributed by atoms with Gasteiger partial charge in [0.05, 0.1) is 11.4 Å². The molecule has 140 valence electrons. The first-order valence-electron chi connectivity index (χ1n) is 9.29. The number of carbonyl (C=O) groups excluding carboxylic acids is 1. The Bertz CT molecular complexity index is 1020. The molecule has 7 heteroatoms. The summed E-state index contributed by atoms with van der Waals surface area (Å²) in [5.41, 5.74) is 3.17. The van der Waals surface area contributed by atoms with Gasteiger partial charge in [-0.15, -0.1) is 0 Å². The number of hydrogen-bond acceptors (Lipinski definition) is 6. The molecule has 1 unspecified atom stereocenters. The van der Waals surface area contributed by atoms with Crippen molar-refractivity contribution in [2.45, 2.75) is 5.37 Å². The van der Waals surface area contributed by atoms with Crippen molar-refractivity contribution in [1.82, 2.24) is 14.5 Å². The summed E-state index contributed by atoms with van der Waals surface area (Å²) in [6, 6.07) is 12.1. The number of pyridine rings is 2. The Labute approximate surface area is 167 Å². The highest BCUT2D eigenvalue weighted by molar-refractivity contribution is 8.09. The Kier molecular flexibility index (Phi) is 4.39. The number of thioether (sulfide) groups is 1. The van der Waals surface area contributed by atoms with Gasteiger partial charge in [-0.25, -0.2) is 9.78 Å². The van der Waals surface area contributed by atoms with Crippen LogP contribution in [-0.4, -0.2) is 46.7 Å². The van der Waals surface area contributed by atoms with E-state index in [4.69, 9.17) is 0 Å². The molecule has 0 aromatic carbocycles. The van der Waals surface area contributed by atoms with Gasteiger partial charge in [-0.3, -0.25) is 4.98 Å². The second-order valence-electron chi connectivity index (χ2n) is 6.81. The third-order valence-electron chi connectivity index (χ3n) is 5.25. The van der Waals surface area contributed by atoms with Gasteiger partial charge in [0.2, 0.25) is 0 Å². The minimum Gasteiger partial charge on any atom is -0.366 e. The van der Waals surface area contributed by atoms with E-state index in [1.165, 1.54) is 0 Å². The van der Waals surface area contributed by atoms with Gasteiger partial charge in [0.1, 0.15) is 22.0 Å². The van der Waals surface area contributed by atoms with Gasteiger partial charge in [0.15, 0.2) is 0 Å². The maximum Gasteiger partial charge on any atom is 0.141 e. The van der Waals surface area contributed by atoms with E-state index >= 15 is 0 Å². The van der Waals surface area contributed by atoms with E-state index in [2.05, 4.69) is 42.5 Å². The zero-order valence-corrected chi connectivity index (χ0v) is 16.0. The summed E-state index contributed by atoms with van der Waals surface area (Å²) >= 11 is 1.54. The smallest absolute Gasteiger partial charge is 0.141 e. The van der Waals surface area contributed by atoms with Crippen LogP contribution >= 0.6 is 11.8 Å². The van der Waals surface area contributed by atoms with Gasteiger partial charge < -0.3 is 14.4 Å². The molecular weight excluding hydrogens is 370 g/mol. The van der Waals surface area contributed by atoms with Crippen molar-refractivity contribution in [2.24, 2.45) is 0 Å². The SMILES string of the molecule is O=C=C1SC(c2cccnc2)n2ccc(N3CCN(c4ccccn4)CC3)c21. The number of anilines is 2. The molecule has 6 nitrogen and oxygen atoms in total. The summed E-state index contributed by atoms with van der Waals surface area (Å²) in [7, 11) is 0. The van der Waals surface area contributed by atoms with E-state index in [1.807, 2.05) is 42.7 Å². The second kappa shape index (κ2) is 7.19. The third-order valence-corrected chi connectivity index (χ3v) is 6.48. The standard InChI is InChI=1S/C21H19N5OS/c27-15-18-20-17(6-9-26(20)21(28-18)16-4-3-7-22-14-16)24-10-12-25(13-11-24)19-5-1-2-8-23-19/h1-9,14,21H,10-13H2. The quantitative estimate of drug-likeness (QED) is 0.642. The first-order valence-corrected chi connectivity index (χ1v) is 10.2. The van der Waals surface area contributed by atoms with Gasteiger partial charge >= 0.3 is 0 Å². The highest BCUT2D eigenvalue weighted by Crippen LogP contribution is 2.50. The average molecular weight is 389 g/mol. The zero-order chi connectivity index (χ0) is 18.9. The second-order valence-corrected chi connectivity index (χ2v) is 7.90. The van der Waals surface area contributed by atoms with Crippen molar-refractivity contribution in [3.63, 3.8) is 0 Å². The third kappa shape index (κ3) is 2.89. The Morgan fingerprint density at radius 3 is 2.57 bits per heavy atom. The molecule has 0 spiro atoms. The van der Waals surface area contributed by atoms with Crippen LogP contribution < -0.4 is 9.80 Å². The Morgan fingerprint density at radius 1 is 1.00 bits per heavy atom. The van der Waals surface area contributed by atoms with Crippen LogP contribution in [0.3, 0.4) is 0 Å². The molecule has 5 heterocycles. The first kappa shape index (κ1) is 17.1. The molecular formula is C21H19N5OS. The number of fused-ring (bicyclic) bond motifs is 1. The lowest BCUT2D eigenvalue weighted by molar-refractivity contribution is 0.570. The van der Waals surface area contributed by atoms with Crippen molar-refractivity contribution in [2.75, 3.05) is 36.0 Å². The summed E-state index contributed by atoms with van der Waals surface area (Å²) < 4.78 is 2.17. The fourth-order valence-corrected chi connectivity index (χ4v) is 5.04. The molecule has 0 bridgehead atoms. The molecule has 0 N–H and O–H groups in total. The molecule has 3 aromatic rings. The summed E-state index contributed by atoms with van der Waals surface area (Å²) in [5, 5.41) is 0.0312. The fraction of sp³-hybridized carbons (Fsp3) is 0.238. The van der Waals surface area contributed by atoms with E-state index in [1.54, 1.807) is 18.0 Å². The summed E-state index contributed by atoms with van der Waals surface area (Å²) in [5.74, 6) is 3.18. The molecule has 0 radical (unpaired) electrons. The van der Waals surface area contributed by atoms with E-state index in [0.29, 0.717) is 4.91 Å². The molecule has 1 saturated heterocycles. The van der Waals surface area contributed by atoms with Crippen molar-refractivity contribution < 1.29 is 4.79 Å². The van der Waals surface area contributed by atoms with Gasteiger partial charge in [0, 0.05) is 56.5 Å². The lowest BCUT2D eigenvalue weighted by Gasteiger charge is -2.36. The largest absolute Gasteiger partial charge is 0.366 e. The molecule has 0 aliphatic carbocycles. The van der Waals surface area contributed by atoms with Crippen LogP contribution in [0.1, 0.15) is 16.6 Å². The van der Waals surface area contributed by atoms with E-state index < -0.39 is 0 Å². The van der Waals surface area contributed by atoms with Crippen LogP contribution in [0.2, 0.25) is 0 Å². The minimum absolute atomic E-state index is 0.0312. The molecule has 1 atom stereocenters. The summed E-state index contributed by atoms with van der Waals surface area (Å²) in [4.78, 5) is 25.7. The van der Waals surface area contributed by atoms with Crippen LogP contribution in [0.5, 0.6) is 0 Å². The molecule has 2 aliphatic rings. The van der Waals surface area contributed by atoms with Crippen molar-refractivity contribution >= 4 is 34.1 Å². The minimum atomic E-state index is 0.0312. The first-order chi connectivity index (χ1) is 13.8. The van der Waals surface area contributed by atoms with Gasteiger partial charge in [0.25, 0.3) is 0 Å². The monoisotopic (exact) mass is 389 g/mol. The van der Waals surface area contributed by atoms with E-state index in [0.717, 1.165) is 48.9 Å². The molecule has 1 fully saturated rings. The van der Waals surface area contributed by atoms with Crippen LogP contribution in [-0.2, 0) is 4.79 Å². The number of rotatable bonds is 3. The molecule has 28 heavy (non-hydrogen) atoms. The maximum atomic E-state index is 11.7. The topological polar surface area (TPSA) is 54.3 Å². The number of aromatic nitrogens is 3. The average Bonchev–Trinajstić information content (AvgIpc) is 3.36. The Morgan fingerprint density at radius 2 is 1.86 bits per heavy atom. The van der Waals surface area contributed by atoms with E-state index in [-0.39, 0.29) is 5.37 Å². The van der Waals surface area contributed by atoms with Crippen LogP contribution in [0.25, 0.3) is 4.91 Å². The normalized spacial score (nSPS) is 18.9. The maximum absolute atomic E-state index is 11.7.